The van der Waals surface area contributed by atoms with Gasteiger partial charge in [0.1, 0.15) is 5.82 Å². The predicted molar refractivity (Wildman–Crippen MR) is 126 cm³/mol. The molecule has 178 valence electrons. The minimum absolute atomic E-state index is 0.191. The molecule has 5 rings (SSSR count). The lowest BCUT2D eigenvalue weighted by atomic mass is 10.0. The summed E-state index contributed by atoms with van der Waals surface area (Å²) in [6.45, 7) is 0. The maximum atomic E-state index is 12.8. The summed E-state index contributed by atoms with van der Waals surface area (Å²) in [6.07, 6.45) is 0. The molecule has 5 aromatic rings. The molecule has 7 nitrogen and oxygen atoms in total. The minimum atomic E-state index is -5.41. The first-order valence-corrected chi connectivity index (χ1v) is 12.0. The van der Waals surface area contributed by atoms with Crippen LogP contribution in [0, 0.1) is 0 Å². The zero-order valence-corrected chi connectivity index (χ0v) is 19.5. The molecule has 0 aliphatic heterocycles. The Morgan fingerprint density at radius 2 is 1.63 bits per heavy atom. The lowest BCUT2D eigenvalue weighted by Gasteiger charge is -2.21. The lowest BCUT2D eigenvalue weighted by molar-refractivity contribution is -0.0436. The minimum Gasteiger partial charge on any atom is -0.329 e. The van der Waals surface area contributed by atoms with Gasteiger partial charge in [-0.2, -0.15) is 18.2 Å². The number of benzene rings is 3. The van der Waals surface area contributed by atoms with Crippen LogP contribution in [-0.2, 0) is 9.84 Å². The number of aromatic nitrogens is 4. The van der Waals surface area contributed by atoms with Crippen LogP contribution in [0.15, 0.2) is 77.7 Å². The summed E-state index contributed by atoms with van der Waals surface area (Å²) < 4.78 is 63.4. The van der Waals surface area contributed by atoms with E-state index in [-0.39, 0.29) is 5.28 Å². The quantitative estimate of drug-likeness (QED) is 0.306. The van der Waals surface area contributed by atoms with Crippen molar-refractivity contribution in [2.45, 2.75) is 10.4 Å². The second-order valence-electron chi connectivity index (χ2n) is 7.64. The van der Waals surface area contributed by atoms with Crippen LogP contribution in [0.4, 0.5) is 24.7 Å². The van der Waals surface area contributed by atoms with Crippen molar-refractivity contribution >= 4 is 49.6 Å². The summed E-state index contributed by atoms with van der Waals surface area (Å²) in [5, 5.41) is 8.92. The van der Waals surface area contributed by atoms with Crippen LogP contribution in [0.1, 0.15) is 0 Å². The van der Waals surface area contributed by atoms with E-state index in [9.17, 15) is 21.6 Å². The molecule has 35 heavy (non-hydrogen) atoms. The molecule has 0 aliphatic rings. The van der Waals surface area contributed by atoms with Crippen LogP contribution in [0.25, 0.3) is 27.8 Å². The SMILES string of the molecule is CN(c1cccc(-c2ccc(S(=O)(=O)C(F)(F)F)cc2)c1)c1nc2nnc(Cl)n2c2ccccc12. The smallest absolute Gasteiger partial charge is 0.329 e. The molecule has 0 unspecified atom stereocenters. The van der Waals surface area contributed by atoms with Gasteiger partial charge in [-0.25, -0.2) is 12.8 Å². The molecule has 0 saturated heterocycles. The van der Waals surface area contributed by atoms with Gasteiger partial charge < -0.3 is 4.90 Å². The molecule has 0 atom stereocenters. The Hall–Kier alpha value is -3.70. The summed E-state index contributed by atoms with van der Waals surface area (Å²) in [4.78, 5) is 5.66. The molecule has 2 aromatic heterocycles. The zero-order chi connectivity index (χ0) is 25.0. The highest BCUT2D eigenvalue weighted by Gasteiger charge is 2.46. The Kier molecular flexibility index (Phi) is 5.41. The zero-order valence-electron chi connectivity index (χ0n) is 17.9. The van der Waals surface area contributed by atoms with Gasteiger partial charge in [0.15, 0.2) is 0 Å². The molecule has 0 radical (unpaired) electrons. The Morgan fingerprint density at radius 3 is 2.34 bits per heavy atom. The van der Waals surface area contributed by atoms with Crippen molar-refractivity contribution < 1.29 is 21.6 Å². The number of anilines is 2. The second-order valence-corrected chi connectivity index (χ2v) is 9.92. The Balaban J connectivity index is 1.55. The fourth-order valence-electron chi connectivity index (χ4n) is 3.78. The van der Waals surface area contributed by atoms with E-state index < -0.39 is 20.2 Å². The maximum absolute atomic E-state index is 12.8. The first-order chi connectivity index (χ1) is 16.6. The number of rotatable bonds is 4. The van der Waals surface area contributed by atoms with Gasteiger partial charge in [-0.1, -0.05) is 36.4 Å². The molecule has 0 aliphatic carbocycles. The van der Waals surface area contributed by atoms with Crippen molar-refractivity contribution in [1.82, 2.24) is 19.6 Å². The number of sulfone groups is 1. The highest BCUT2D eigenvalue weighted by atomic mass is 35.5. The first kappa shape index (κ1) is 23.1. The van der Waals surface area contributed by atoms with Gasteiger partial charge in [-0.15, -0.1) is 10.2 Å². The van der Waals surface area contributed by atoms with Gasteiger partial charge in [0.25, 0.3) is 15.6 Å². The summed E-state index contributed by atoms with van der Waals surface area (Å²) in [6, 6.07) is 19.3. The van der Waals surface area contributed by atoms with Gasteiger partial charge >= 0.3 is 5.51 Å². The molecule has 3 aromatic carbocycles. The Bertz CT molecular complexity index is 1690. The molecule has 0 spiro atoms. The first-order valence-electron chi connectivity index (χ1n) is 10.1. The number of nitrogens with zero attached hydrogens (tertiary/aromatic N) is 5. The number of hydrogen-bond donors (Lipinski definition) is 0. The number of halogens is 4. The number of hydrogen-bond acceptors (Lipinski definition) is 6. The Morgan fingerprint density at radius 1 is 0.914 bits per heavy atom. The third-order valence-electron chi connectivity index (χ3n) is 5.55. The molecule has 0 saturated carbocycles. The third-order valence-corrected chi connectivity index (χ3v) is 7.30. The fourth-order valence-corrected chi connectivity index (χ4v) is 4.75. The van der Waals surface area contributed by atoms with E-state index in [2.05, 4.69) is 15.2 Å². The van der Waals surface area contributed by atoms with Crippen molar-refractivity contribution in [2.75, 3.05) is 11.9 Å². The van der Waals surface area contributed by atoms with Gasteiger partial charge in [-0.3, -0.25) is 0 Å². The molecule has 2 heterocycles. The molecule has 0 bridgehead atoms. The van der Waals surface area contributed by atoms with E-state index in [1.807, 2.05) is 48.3 Å². The predicted octanol–water partition coefficient (Wildman–Crippen LogP) is 5.66. The summed E-state index contributed by atoms with van der Waals surface area (Å²) in [5.41, 5.74) is -2.61. The van der Waals surface area contributed by atoms with E-state index in [1.54, 1.807) is 16.5 Å². The molecule has 0 amide bonds. The third kappa shape index (κ3) is 3.86. The van der Waals surface area contributed by atoms with Gasteiger partial charge in [0.2, 0.25) is 5.28 Å². The van der Waals surface area contributed by atoms with E-state index in [0.29, 0.717) is 22.7 Å². The topological polar surface area (TPSA) is 80.5 Å². The van der Waals surface area contributed by atoms with Crippen molar-refractivity contribution in [1.29, 1.82) is 0 Å². The molecule has 0 fully saturated rings. The summed E-state index contributed by atoms with van der Waals surface area (Å²) >= 11 is 6.19. The largest absolute Gasteiger partial charge is 0.501 e. The summed E-state index contributed by atoms with van der Waals surface area (Å²) in [7, 11) is -3.59. The number of fused-ring (bicyclic) bond motifs is 3. The number of alkyl halides is 3. The fraction of sp³-hybridized carbons (Fsp3) is 0.0870. The van der Waals surface area contributed by atoms with Gasteiger partial charge in [0, 0.05) is 18.1 Å². The van der Waals surface area contributed by atoms with Crippen molar-refractivity contribution in [2.24, 2.45) is 0 Å². The second kappa shape index (κ2) is 8.21. The molecular formula is C23H15ClF3N5O2S. The number of para-hydroxylation sites is 1. The molecule has 12 heteroatoms. The van der Waals surface area contributed by atoms with Gasteiger partial charge in [-0.05, 0) is 59.1 Å². The van der Waals surface area contributed by atoms with Gasteiger partial charge in [0.05, 0.1) is 10.4 Å². The van der Waals surface area contributed by atoms with Crippen LogP contribution in [0.3, 0.4) is 0 Å². The molecular weight excluding hydrogens is 503 g/mol. The van der Waals surface area contributed by atoms with Crippen LogP contribution in [0.2, 0.25) is 5.28 Å². The van der Waals surface area contributed by atoms with E-state index in [4.69, 9.17) is 11.6 Å². The maximum Gasteiger partial charge on any atom is 0.501 e. The highest BCUT2D eigenvalue weighted by Crippen LogP contribution is 2.34. The monoisotopic (exact) mass is 517 g/mol. The lowest BCUT2D eigenvalue weighted by Crippen LogP contribution is -2.23. The average Bonchev–Trinajstić information content (AvgIpc) is 3.23. The average molecular weight is 518 g/mol. The molecule has 0 N–H and O–H groups in total. The van der Waals surface area contributed by atoms with Crippen molar-refractivity contribution in [3.05, 3.63) is 78.1 Å². The van der Waals surface area contributed by atoms with Crippen LogP contribution < -0.4 is 4.90 Å². The Labute approximate surface area is 202 Å². The van der Waals surface area contributed by atoms with E-state index in [0.717, 1.165) is 28.7 Å². The van der Waals surface area contributed by atoms with E-state index >= 15 is 0 Å². The van der Waals surface area contributed by atoms with Crippen LogP contribution >= 0.6 is 11.6 Å². The highest BCUT2D eigenvalue weighted by molar-refractivity contribution is 7.92. The standard InChI is InChI=1S/C23H15ClF3N5O2S/c1-31(20-18-7-2-3-8-19(18)32-21(24)29-30-22(32)28-20)16-6-4-5-15(13-16)14-9-11-17(12-10-14)35(33,34)23(25,26)27/h2-13H,1H3. The summed E-state index contributed by atoms with van der Waals surface area (Å²) in [5.74, 6) is 0.925. The van der Waals surface area contributed by atoms with Crippen molar-refractivity contribution in [3.63, 3.8) is 0 Å². The van der Waals surface area contributed by atoms with Crippen LogP contribution in [-0.4, -0.2) is 40.6 Å². The van der Waals surface area contributed by atoms with Crippen LogP contribution in [0.5, 0.6) is 0 Å². The van der Waals surface area contributed by atoms with E-state index in [1.165, 1.54) is 12.1 Å². The van der Waals surface area contributed by atoms with Crippen molar-refractivity contribution in [3.8, 4) is 11.1 Å². The normalized spacial score (nSPS) is 12.4.